The van der Waals surface area contributed by atoms with Crippen molar-refractivity contribution in [1.82, 2.24) is 0 Å². The molecule has 1 aliphatic carbocycles. The number of anilines is 1. The Labute approximate surface area is 99.5 Å². The summed E-state index contributed by atoms with van der Waals surface area (Å²) in [5.41, 5.74) is 0.132. The second kappa shape index (κ2) is 3.97. The lowest BCUT2D eigenvalue weighted by Gasteiger charge is -2.07. The monoisotopic (exact) mass is 277 g/mol. The van der Waals surface area contributed by atoms with Gasteiger partial charge in [0, 0.05) is 5.69 Å². The largest absolute Gasteiger partial charge is 0.294 e. The molecule has 1 aromatic rings. The SMILES string of the molecule is O=S(=O)(O)c1cccc(NS(=O)(=O)C2CC2)c1. The second-order valence-corrected chi connectivity index (χ2v) is 7.23. The van der Waals surface area contributed by atoms with Crippen molar-refractivity contribution in [2.45, 2.75) is 23.0 Å². The molecule has 0 atom stereocenters. The van der Waals surface area contributed by atoms with Gasteiger partial charge in [-0.1, -0.05) is 6.07 Å². The van der Waals surface area contributed by atoms with E-state index in [1.807, 2.05) is 0 Å². The van der Waals surface area contributed by atoms with E-state index in [4.69, 9.17) is 4.55 Å². The summed E-state index contributed by atoms with van der Waals surface area (Å²) in [4.78, 5) is -0.339. The molecule has 2 N–H and O–H groups in total. The minimum Gasteiger partial charge on any atom is -0.283 e. The zero-order valence-electron chi connectivity index (χ0n) is 8.70. The predicted molar refractivity (Wildman–Crippen MR) is 61.8 cm³/mol. The fourth-order valence-electron chi connectivity index (χ4n) is 1.35. The molecule has 0 saturated heterocycles. The molecule has 1 saturated carbocycles. The van der Waals surface area contributed by atoms with Crippen LogP contribution < -0.4 is 4.72 Å². The number of hydrogen-bond donors (Lipinski definition) is 2. The summed E-state index contributed by atoms with van der Waals surface area (Å²) in [5, 5.41) is -0.392. The first-order valence-corrected chi connectivity index (χ1v) is 7.87. The minimum atomic E-state index is -4.32. The highest BCUT2D eigenvalue weighted by Gasteiger charge is 2.35. The molecular weight excluding hydrogens is 266 g/mol. The zero-order valence-corrected chi connectivity index (χ0v) is 10.3. The zero-order chi connectivity index (χ0) is 12.7. The minimum absolute atomic E-state index is 0.132. The van der Waals surface area contributed by atoms with Crippen LogP contribution in [0.15, 0.2) is 29.2 Å². The Balaban J connectivity index is 2.29. The van der Waals surface area contributed by atoms with Crippen molar-refractivity contribution in [3.05, 3.63) is 24.3 Å². The van der Waals surface area contributed by atoms with Crippen LogP contribution in [0.1, 0.15) is 12.8 Å². The van der Waals surface area contributed by atoms with Crippen LogP contribution in [0.4, 0.5) is 5.69 Å². The van der Waals surface area contributed by atoms with E-state index in [0.29, 0.717) is 12.8 Å². The third-order valence-electron chi connectivity index (χ3n) is 2.36. The van der Waals surface area contributed by atoms with Gasteiger partial charge in [0.25, 0.3) is 10.1 Å². The Morgan fingerprint density at radius 3 is 2.35 bits per heavy atom. The molecule has 6 nitrogen and oxygen atoms in total. The van der Waals surface area contributed by atoms with Gasteiger partial charge in [-0.15, -0.1) is 0 Å². The molecule has 0 bridgehead atoms. The highest BCUT2D eigenvalue weighted by molar-refractivity contribution is 7.93. The van der Waals surface area contributed by atoms with Crippen molar-refractivity contribution >= 4 is 25.8 Å². The van der Waals surface area contributed by atoms with Crippen molar-refractivity contribution in [3.8, 4) is 0 Å². The van der Waals surface area contributed by atoms with Gasteiger partial charge >= 0.3 is 0 Å². The van der Waals surface area contributed by atoms with Crippen molar-refractivity contribution < 1.29 is 21.4 Å². The van der Waals surface area contributed by atoms with Gasteiger partial charge in [0.2, 0.25) is 10.0 Å². The number of rotatable bonds is 4. The van der Waals surface area contributed by atoms with E-state index in [0.717, 1.165) is 6.07 Å². The summed E-state index contributed by atoms with van der Waals surface area (Å²) >= 11 is 0. The molecule has 0 amide bonds. The summed E-state index contributed by atoms with van der Waals surface area (Å²) in [5.74, 6) is 0. The van der Waals surface area contributed by atoms with Crippen molar-refractivity contribution in [2.75, 3.05) is 4.72 Å². The molecule has 0 unspecified atom stereocenters. The first-order valence-electron chi connectivity index (χ1n) is 4.88. The maximum absolute atomic E-state index is 11.6. The molecule has 0 aliphatic heterocycles. The topological polar surface area (TPSA) is 101 Å². The molecule has 0 spiro atoms. The Bertz CT molecular complexity index is 631. The Morgan fingerprint density at radius 2 is 1.82 bits per heavy atom. The highest BCUT2D eigenvalue weighted by Crippen LogP contribution is 2.30. The first-order chi connectivity index (χ1) is 7.79. The quantitative estimate of drug-likeness (QED) is 0.794. The molecule has 1 aliphatic rings. The van der Waals surface area contributed by atoms with Crippen LogP contribution in [0.5, 0.6) is 0 Å². The summed E-state index contributed by atoms with van der Waals surface area (Å²) < 4.78 is 56.1. The van der Waals surface area contributed by atoms with Crippen molar-refractivity contribution in [2.24, 2.45) is 0 Å². The maximum Gasteiger partial charge on any atom is 0.294 e. The van der Waals surface area contributed by atoms with Gasteiger partial charge in [0.1, 0.15) is 0 Å². The number of benzene rings is 1. The van der Waals surface area contributed by atoms with E-state index >= 15 is 0 Å². The van der Waals surface area contributed by atoms with E-state index in [1.165, 1.54) is 18.2 Å². The van der Waals surface area contributed by atoms with E-state index in [-0.39, 0.29) is 10.6 Å². The molecule has 0 aromatic heterocycles. The van der Waals surface area contributed by atoms with Crippen molar-refractivity contribution in [1.29, 1.82) is 0 Å². The summed E-state index contributed by atoms with van der Waals surface area (Å²) in [6, 6.07) is 5.04. The van der Waals surface area contributed by atoms with Crippen molar-refractivity contribution in [3.63, 3.8) is 0 Å². The summed E-state index contributed by atoms with van der Waals surface area (Å²) in [7, 11) is -7.75. The van der Waals surface area contributed by atoms with Gasteiger partial charge < -0.3 is 0 Å². The fraction of sp³-hybridized carbons (Fsp3) is 0.333. The van der Waals surface area contributed by atoms with Gasteiger partial charge in [0.15, 0.2) is 0 Å². The fourth-order valence-corrected chi connectivity index (χ4v) is 3.25. The number of nitrogens with one attached hydrogen (secondary N) is 1. The molecule has 2 rings (SSSR count). The molecule has 94 valence electrons. The molecule has 0 radical (unpaired) electrons. The van der Waals surface area contributed by atoms with E-state index in [2.05, 4.69) is 4.72 Å². The van der Waals surface area contributed by atoms with Crippen LogP contribution in [0.2, 0.25) is 0 Å². The third kappa shape index (κ3) is 2.96. The summed E-state index contributed by atoms with van der Waals surface area (Å²) in [6.45, 7) is 0. The van der Waals surface area contributed by atoms with Crippen LogP contribution in [-0.4, -0.2) is 26.6 Å². The smallest absolute Gasteiger partial charge is 0.283 e. The first kappa shape index (κ1) is 12.3. The van der Waals surface area contributed by atoms with Crippen LogP contribution in [0.25, 0.3) is 0 Å². The Hall–Kier alpha value is -1.12. The Morgan fingerprint density at radius 1 is 1.18 bits per heavy atom. The lowest BCUT2D eigenvalue weighted by Crippen LogP contribution is -2.17. The van der Waals surface area contributed by atoms with E-state index < -0.39 is 25.4 Å². The molecular formula is C9H11NO5S2. The predicted octanol–water partition coefficient (Wildman–Crippen LogP) is 0.837. The van der Waals surface area contributed by atoms with Crippen LogP contribution >= 0.6 is 0 Å². The van der Waals surface area contributed by atoms with Gasteiger partial charge in [0.05, 0.1) is 10.1 Å². The lowest BCUT2D eigenvalue weighted by atomic mass is 10.3. The van der Waals surface area contributed by atoms with Gasteiger partial charge in [-0.25, -0.2) is 8.42 Å². The molecule has 1 aromatic carbocycles. The van der Waals surface area contributed by atoms with Crippen LogP contribution in [-0.2, 0) is 20.1 Å². The average Bonchev–Trinajstić information content (AvgIpc) is 2.99. The second-order valence-electron chi connectivity index (χ2n) is 3.85. The number of sulfonamides is 1. The normalized spacial score (nSPS) is 16.8. The molecule has 0 heterocycles. The molecule has 8 heteroatoms. The van der Waals surface area contributed by atoms with Gasteiger partial charge in [-0.3, -0.25) is 9.27 Å². The summed E-state index contributed by atoms with van der Waals surface area (Å²) in [6.07, 6.45) is 1.24. The van der Waals surface area contributed by atoms with Gasteiger partial charge in [-0.05, 0) is 31.0 Å². The van der Waals surface area contributed by atoms with E-state index in [9.17, 15) is 16.8 Å². The van der Waals surface area contributed by atoms with E-state index in [1.54, 1.807) is 0 Å². The van der Waals surface area contributed by atoms with Crippen LogP contribution in [0.3, 0.4) is 0 Å². The highest BCUT2D eigenvalue weighted by atomic mass is 32.2. The Kier molecular flexibility index (Phi) is 2.88. The number of hydrogen-bond acceptors (Lipinski definition) is 4. The maximum atomic E-state index is 11.6. The third-order valence-corrected chi connectivity index (χ3v) is 5.07. The lowest BCUT2D eigenvalue weighted by molar-refractivity contribution is 0.483. The standard InChI is InChI=1S/C9H11NO5S2/c11-16(12,8-4-5-8)10-7-2-1-3-9(6-7)17(13,14)15/h1-3,6,8,10H,4-5H2,(H,13,14,15). The van der Waals surface area contributed by atoms with Crippen LogP contribution in [0, 0.1) is 0 Å². The molecule has 1 fully saturated rings. The average molecular weight is 277 g/mol. The van der Waals surface area contributed by atoms with Gasteiger partial charge in [-0.2, -0.15) is 8.42 Å². The molecule has 17 heavy (non-hydrogen) atoms.